The quantitative estimate of drug-likeness (QED) is 0.552. The number of nitrogens with zero attached hydrogens (tertiary/aromatic N) is 2. The highest BCUT2D eigenvalue weighted by Crippen LogP contribution is 2.43. The second-order valence-corrected chi connectivity index (χ2v) is 7.58. The third-order valence-electron chi connectivity index (χ3n) is 4.88. The Hall–Kier alpha value is -2.76. The van der Waals surface area contributed by atoms with Crippen LogP contribution in [-0.2, 0) is 9.53 Å². The largest absolute Gasteiger partial charge is 0.463 e. The molecule has 0 saturated heterocycles. The number of anilines is 1. The normalized spacial score (nSPS) is 15.7. The van der Waals surface area contributed by atoms with Gasteiger partial charge in [0.1, 0.15) is 5.82 Å². The lowest BCUT2D eigenvalue weighted by molar-refractivity contribution is -0.138. The zero-order valence-electron chi connectivity index (χ0n) is 15.9. The van der Waals surface area contributed by atoms with E-state index in [2.05, 4.69) is 10.4 Å². The van der Waals surface area contributed by atoms with E-state index in [1.165, 1.54) is 0 Å². The van der Waals surface area contributed by atoms with Crippen molar-refractivity contribution in [1.29, 1.82) is 0 Å². The number of nitrogens with one attached hydrogen (secondary N) is 1. The molecule has 3 aromatic rings. The van der Waals surface area contributed by atoms with Crippen molar-refractivity contribution < 1.29 is 9.53 Å². The Kier molecular flexibility index (Phi) is 5.35. The van der Waals surface area contributed by atoms with Crippen LogP contribution in [0.4, 0.5) is 5.82 Å². The lowest BCUT2D eigenvalue weighted by atomic mass is 9.83. The number of ether oxygens (including phenoxy) is 1. The summed E-state index contributed by atoms with van der Waals surface area (Å²) < 4.78 is 7.15. The Morgan fingerprint density at radius 2 is 1.72 bits per heavy atom. The number of halogens is 2. The van der Waals surface area contributed by atoms with Gasteiger partial charge in [0.25, 0.3) is 0 Å². The maximum Gasteiger partial charge on any atom is 0.336 e. The third kappa shape index (κ3) is 3.63. The maximum atomic E-state index is 12.8. The fourth-order valence-corrected chi connectivity index (χ4v) is 3.83. The molecule has 0 amide bonds. The smallest absolute Gasteiger partial charge is 0.336 e. The molecule has 1 aliphatic rings. The van der Waals surface area contributed by atoms with Gasteiger partial charge in [-0.2, -0.15) is 5.10 Å². The van der Waals surface area contributed by atoms with Gasteiger partial charge >= 0.3 is 5.97 Å². The van der Waals surface area contributed by atoms with Crippen LogP contribution in [0.1, 0.15) is 30.9 Å². The van der Waals surface area contributed by atoms with Gasteiger partial charge in [-0.1, -0.05) is 35.3 Å². The van der Waals surface area contributed by atoms with E-state index < -0.39 is 0 Å². The lowest BCUT2D eigenvalue weighted by Crippen LogP contribution is -2.24. The molecule has 0 aliphatic carbocycles. The molecule has 1 aromatic heterocycles. The first-order valence-electron chi connectivity index (χ1n) is 9.23. The van der Waals surface area contributed by atoms with Crippen molar-refractivity contribution in [1.82, 2.24) is 9.78 Å². The van der Waals surface area contributed by atoms with Gasteiger partial charge in [-0.3, -0.25) is 0 Å². The summed E-state index contributed by atoms with van der Waals surface area (Å²) >= 11 is 12.1. The summed E-state index contributed by atoms with van der Waals surface area (Å²) in [6, 6.07) is 14.9. The molecule has 1 N–H and O–H groups in total. The Balaban J connectivity index is 1.87. The molecule has 148 valence electrons. The molecule has 0 unspecified atom stereocenters. The SMILES string of the molecule is CCOC(=O)C1=C(C)Nc2c(cnn2-c2ccc(Cl)cc2)[C@H]1c1ccc(Cl)cc1. The van der Waals surface area contributed by atoms with E-state index >= 15 is 0 Å². The van der Waals surface area contributed by atoms with Gasteiger partial charge in [-0.15, -0.1) is 0 Å². The summed E-state index contributed by atoms with van der Waals surface area (Å²) in [7, 11) is 0. The fourth-order valence-electron chi connectivity index (χ4n) is 3.57. The van der Waals surface area contributed by atoms with Crippen LogP contribution in [0.15, 0.2) is 66.0 Å². The summed E-state index contributed by atoms with van der Waals surface area (Å²) in [6.45, 7) is 3.97. The van der Waals surface area contributed by atoms with Gasteiger partial charge in [-0.25, -0.2) is 9.48 Å². The molecule has 1 aliphatic heterocycles. The highest BCUT2D eigenvalue weighted by atomic mass is 35.5. The van der Waals surface area contributed by atoms with Gasteiger partial charge in [0.2, 0.25) is 0 Å². The summed E-state index contributed by atoms with van der Waals surface area (Å²) in [4.78, 5) is 12.8. The number of benzene rings is 2. The molecule has 0 spiro atoms. The Morgan fingerprint density at radius 3 is 2.34 bits per heavy atom. The Morgan fingerprint density at radius 1 is 1.10 bits per heavy atom. The first kappa shape index (κ1) is 19.6. The number of hydrogen-bond acceptors (Lipinski definition) is 4. The van der Waals surface area contributed by atoms with E-state index in [4.69, 9.17) is 27.9 Å². The average Bonchev–Trinajstić information content (AvgIpc) is 3.12. The zero-order valence-corrected chi connectivity index (χ0v) is 17.5. The molecule has 7 heteroatoms. The minimum absolute atomic E-state index is 0.305. The number of hydrogen-bond donors (Lipinski definition) is 1. The zero-order chi connectivity index (χ0) is 20.5. The van der Waals surface area contributed by atoms with Gasteiger partial charge in [0.15, 0.2) is 0 Å². The first-order chi connectivity index (χ1) is 14.0. The molecule has 0 radical (unpaired) electrons. The minimum Gasteiger partial charge on any atom is -0.463 e. The molecule has 2 aromatic carbocycles. The summed E-state index contributed by atoms with van der Waals surface area (Å²) in [5.74, 6) is 0.142. The topological polar surface area (TPSA) is 56.1 Å². The number of carbonyl (C=O) groups excluding carboxylic acids is 1. The average molecular weight is 428 g/mol. The van der Waals surface area contributed by atoms with Gasteiger partial charge in [0.05, 0.1) is 24.1 Å². The number of aromatic nitrogens is 2. The van der Waals surface area contributed by atoms with Crippen LogP contribution in [0.25, 0.3) is 5.69 Å². The van der Waals surface area contributed by atoms with E-state index in [1.807, 2.05) is 55.5 Å². The second kappa shape index (κ2) is 7.93. The number of carbonyl (C=O) groups is 1. The molecule has 4 rings (SSSR count). The van der Waals surface area contributed by atoms with Crippen molar-refractivity contribution in [2.24, 2.45) is 0 Å². The highest BCUT2D eigenvalue weighted by Gasteiger charge is 2.35. The van der Waals surface area contributed by atoms with Gasteiger partial charge in [-0.05, 0) is 55.8 Å². The number of fused-ring (bicyclic) bond motifs is 1. The predicted octanol–water partition coefficient (Wildman–Crippen LogP) is 5.57. The Bertz CT molecular complexity index is 1090. The summed E-state index contributed by atoms with van der Waals surface area (Å²) in [6.07, 6.45) is 1.78. The maximum absolute atomic E-state index is 12.8. The van der Waals surface area contributed by atoms with Crippen LogP contribution in [0.5, 0.6) is 0 Å². The van der Waals surface area contributed by atoms with Crippen LogP contribution in [0.3, 0.4) is 0 Å². The molecule has 0 fully saturated rings. The van der Waals surface area contributed by atoms with Crippen molar-refractivity contribution in [2.75, 3.05) is 11.9 Å². The second-order valence-electron chi connectivity index (χ2n) is 6.71. The van der Waals surface area contributed by atoms with E-state index in [-0.39, 0.29) is 11.9 Å². The number of esters is 1. The van der Waals surface area contributed by atoms with Crippen LogP contribution in [-0.4, -0.2) is 22.4 Å². The van der Waals surface area contributed by atoms with Gasteiger partial charge in [0, 0.05) is 27.2 Å². The third-order valence-corrected chi connectivity index (χ3v) is 5.38. The van der Waals surface area contributed by atoms with Crippen molar-refractivity contribution in [3.05, 3.63) is 87.2 Å². The predicted molar refractivity (Wildman–Crippen MR) is 115 cm³/mol. The number of rotatable bonds is 4. The standard InChI is InChI=1S/C22H19Cl2N3O2/c1-3-29-22(28)19-13(2)26-21-18(20(19)14-4-6-15(23)7-5-14)12-25-27(21)17-10-8-16(24)9-11-17/h4-12,20,26H,3H2,1-2H3/t20-/m1/s1. The molecule has 2 heterocycles. The number of allylic oxidation sites excluding steroid dienone is 1. The first-order valence-corrected chi connectivity index (χ1v) is 9.99. The van der Waals surface area contributed by atoms with Crippen molar-refractivity contribution in [3.63, 3.8) is 0 Å². The fraction of sp³-hybridized carbons (Fsp3) is 0.182. The van der Waals surface area contributed by atoms with Crippen molar-refractivity contribution >= 4 is 35.0 Å². The minimum atomic E-state index is -0.345. The summed E-state index contributed by atoms with van der Waals surface area (Å²) in [5.41, 5.74) is 3.99. The molecule has 5 nitrogen and oxygen atoms in total. The Labute approximate surface area is 178 Å². The molecule has 29 heavy (non-hydrogen) atoms. The highest BCUT2D eigenvalue weighted by molar-refractivity contribution is 6.30. The van der Waals surface area contributed by atoms with Crippen LogP contribution in [0, 0.1) is 0 Å². The van der Waals surface area contributed by atoms with Crippen LogP contribution >= 0.6 is 23.2 Å². The molecular formula is C22H19Cl2N3O2. The molecule has 0 bridgehead atoms. The molecule has 0 saturated carbocycles. The van der Waals surface area contributed by atoms with E-state index in [9.17, 15) is 4.79 Å². The van der Waals surface area contributed by atoms with Crippen molar-refractivity contribution in [3.8, 4) is 5.69 Å². The van der Waals surface area contributed by atoms with Gasteiger partial charge < -0.3 is 10.1 Å². The molecule has 1 atom stereocenters. The lowest BCUT2D eigenvalue weighted by Gasteiger charge is -2.28. The summed E-state index contributed by atoms with van der Waals surface area (Å²) in [5, 5.41) is 9.21. The van der Waals surface area contributed by atoms with Crippen LogP contribution in [0.2, 0.25) is 10.0 Å². The monoisotopic (exact) mass is 427 g/mol. The van der Waals surface area contributed by atoms with Crippen molar-refractivity contribution in [2.45, 2.75) is 19.8 Å². The molecular weight excluding hydrogens is 409 g/mol. The van der Waals surface area contributed by atoms with E-state index in [0.29, 0.717) is 22.2 Å². The van der Waals surface area contributed by atoms with E-state index in [1.54, 1.807) is 17.8 Å². The van der Waals surface area contributed by atoms with Crippen LogP contribution < -0.4 is 5.32 Å². The van der Waals surface area contributed by atoms with E-state index in [0.717, 1.165) is 28.3 Å².